The summed E-state index contributed by atoms with van der Waals surface area (Å²) in [5.74, 6) is -0.325. The van der Waals surface area contributed by atoms with E-state index in [1.54, 1.807) is 0 Å². The van der Waals surface area contributed by atoms with Crippen molar-refractivity contribution in [2.24, 2.45) is 5.92 Å². The van der Waals surface area contributed by atoms with Crippen molar-refractivity contribution in [1.29, 1.82) is 0 Å². The molecule has 2 nitrogen and oxygen atoms in total. The van der Waals surface area contributed by atoms with E-state index >= 15 is 4.79 Å². The molecule has 2 heteroatoms. The molecule has 7 rings (SSSR count). The maximum absolute atomic E-state index is 15.1. The van der Waals surface area contributed by atoms with Crippen molar-refractivity contribution in [3.8, 4) is 0 Å². The van der Waals surface area contributed by atoms with Gasteiger partial charge in [-0.1, -0.05) is 146 Å². The van der Waals surface area contributed by atoms with Crippen molar-refractivity contribution >= 4 is 22.6 Å². The number of benzene rings is 5. The summed E-state index contributed by atoms with van der Waals surface area (Å²) in [4.78, 5) is 17.5. The molecule has 210 valence electrons. The number of likely N-dealkylation sites (N-methyl/N-ethyl adjacent to an activating group) is 1. The van der Waals surface area contributed by atoms with E-state index in [9.17, 15) is 0 Å². The van der Waals surface area contributed by atoms with Crippen LogP contribution in [0.3, 0.4) is 0 Å². The second-order valence-corrected chi connectivity index (χ2v) is 12.0. The van der Waals surface area contributed by atoms with Crippen LogP contribution in [0, 0.1) is 5.92 Å². The predicted molar refractivity (Wildman–Crippen MR) is 178 cm³/mol. The number of nitrogens with zero attached hydrogens (tertiary/aromatic N) is 1. The lowest BCUT2D eigenvalue weighted by Gasteiger charge is -2.53. The Morgan fingerprint density at radius 2 is 1.21 bits per heavy atom. The number of hydrogen-bond acceptors (Lipinski definition) is 2. The summed E-state index contributed by atoms with van der Waals surface area (Å²) >= 11 is 0. The number of anilines is 1. The van der Waals surface area contributed by atoms with E-state index in [0.29, 0.717) is 0 Å². The Balaban J connectivity index is 1.57. The molecule has 5 aromatic carbocycles. The average molecular weight is 558 g/mol. The van der Waals surface area contributed by atoms with Gasteiger partial charge in [-0.05, 0) is 58.0 Å². The van der Waals surface area contributed by atoms with E-state index in [4.69, 9.17) is 0 Å². The van der Waals surface area contributed by atoms with E-state index in [1.807, 2.05) is 36.4 Å². The number of fused-ring (bicyclic) bond motifs is 1. The molecule has 3 atom stereocenters. The SMILES string of the molecule is CN1c2ccccc2[C@@](C)(Cc2ccccc2)[C@@]12C=C(c1ccccc1)C=C(c1ccccc1)[C@H]2C(=O)c1ccccc1. The second-order valence-electron chi connectivity index (χ2n) is 12.0. The normalized spacial score (nSPS) is 22.6. The Kier molecular flexibility index (Phi) is 6.70. The van der Waals surface area contributed by atoms with Gasteiger partial charge in [0.05, 0.1) is 11.5 Å². The molecule has 0 N–H and O–H groups in total. The molecule has 0 fully saturated rings. The first-order valence-corrected chi connectivity index (χ1v) is 15.0. The van der Waals surface area contributed by atoms with Gasteiger partial charge in [0.2, 0.25) is 0 Å². The third kappa shape index (κ3) is 4.29. The Morgan fingerprint density at radius 3 is 1.86 bits per heavy atom. The first-order chi connectivity index (χ1) is 21.0. The van der Waals surface area contributed by atoms with Crippen molar-refractivity contribution in [3.05, 3.63) is 186 Å². The summed E-state index contributed by atoms with van der Waals surface area (Å²) in [7, 11) is 2.19. The number of Topliss-reactive ketones (excluding diaryl/α,β-unsaturated/α-hetero) is 1. The van der Waals surface area contributed by atoms with Crippen molar-refractivity contribution < 1.29 is 4.79 Å². The highest BCUT2D eigenvalue weighted by molar-refractivity contribution is 6.10. The molecule has 0 saturated carbocycles. The fraction of sp³-hybridized carbons (Fsp3) is 0.146. The number of rotatable bonds is 6. The van der Waals surface area contributed by atoms with Crippen molar-refractivity contribution in [2.45, 2.75) is 24.3 Å². The van der Waals surface area contributed by atoms with Crippen LogP contribution in [-0.4, -0.2) is 18.4 Å². The molecule has 0 aromatic heterocycles. The summed E-state index contributed by atoms with van der Waals surface area (Å²) in [6.07, 6.45) is 5.47. The van der Waals surface area contributed by atoms with Crippen molar-refractivity contribution in [2.75, 3.05) is 11.9 Å². The van der Waals surface area contributed by atoms with Gasteiger partial charge in [-0.2, -0.15) is 0 Å². The number of allylic oxidation sites excluding steroid dienone is 2. The van der Waals surface area contributed by atoms with Gasteiger partial charge >= 0.3 is 0 Å². The molecule has 1 heterocycles. The highest BCUT2D eigenvalue weighted by Crippen LogP contribution is 2.61. The molecule has 43 heavy (non-hydrogen) atoms. The molecule has 0 unspecified atom stereocenters. The Morgan fingerprint density at radius 1 is 0.674 bits per heavy atom. The van der Waals surface area contributed by atoms with Gasteiger partial charge in [0.15, 0.2) is 5.78 Å². The molecule has 0 radical (unpaired) electrons. The van der Waals surface area contributed by atoms with Gasteiger partial charge in [0.25, 0.3) is 0 Å². The van der Waals surface area contributed by atoms with Gasteiger partial charge in [-0.15, -0.1) is 0 Å². The van der Waals surface area contributed by atoms with E-state index in [1.165, 1.54) is 16.8 Å². The topological polar surface area (TPSA) is 20.3 Å². The molecule has 5 aromatic rings. The highest BCUT2D eigenvalue weighted by Gasteiger charge is 2.64. The Labute approximate surface area is 254 Å². The Hall–Kier alpha value is -4.95. The summed E-state index contributed by atoms with van der Waals surface area (Å²) in [5.41, 5.74) is 7.69. The van der Waals surface area contributed by atoms with Crippen LogP contribution >= 0.6 is 0 Å². The molecule has 0 saturated heterocycles. The molecule has 2 aliphatic rings. The van der Waals surface area contributed by atoms with Crippen LogP contribution in [0.15, 0.2) is 158 Å². The third-order valence-corrected chi connectivity index (χ3v) is 9.67. The zero-order chi connectivity index (χ0) is 29.4. The van der Waals surface area contributed by atoms with Crippen LogP contribution in [0.25, 0.3) is 11.1 Å². The van der Waals surface area contributed by atoms with Crippen molar-refractivity contribution in [3.63, 3.8) is 0 Å². The number of carbonyl (C=O) groups excluding carboxylic acids is 1. The molecule has 0 amide bonds. The lowest BCUT2D eigenvalue weighted by molar-refractivity contribution is 0.0878. The number of para-hydroxylation sites is 1. The molecular formula is C41H35NO. The average Bonchev–Trinajstić information content (AvgIpc) is 3.24. The van der Waals surface area contributed by atoms with Crippen LogP contribution in [0.1, 0.15) is 39.5 Å². The zero-order valence-corrected chi connectivity index (χ0v) is 24.7. The second kappa shape index (κ2) is 10.7. The number of hydrogen-bond donors (Lipinski definition) is 0. The smallest absolute Gasteiger partial charge is 0.173 e. The summed E-state index contributed by atoms with van der Waals surface area (Å²) < 4.78 is 0. The van der Waals surface area contributed by atoms with Crippen LogP contribution in [-0.2, 0) is 11.8 Å². The lowest BCUT2D eigenvalue weighted by atomic mass is 9.55. The fourth-order valence-corrected chi connectivity index (χ4v) is 7.67. The van der Waals surface area contributed by atoms with E-state index < -0.39 is 16.9 Å². The van der Waals surface area contributed by atoms with Gasteiger partial charge in [0, 0.05) is 23.7 Å². The van der Waals surface area contributed by atoms with Crippen LogP contribution in [0.4, 0.5) is 5.69 Å². The maximum atomic E-state index is 15.1. The molecular weight excluding hydrogens is 522 g/mol. The van der Waals surface area contributed by atoms with Gasteiger partial charge in [0.1, 0.15) is 0 Å². The monoisotopic (exact) mass is 557 g/mol. The lowest BCUT2D eigenvalue weighted by Crippen LogP contribution is -2.63. The molecule has 0 bridgehead atoms. The first kappa shape index (κ1) is 26.9. The van der Waals surface area contributed by atoms with Gasteiger partial charge in [-0.3, -0.25) is 4.79 Å². The van der Waals surface area contributed by atoms with Gasteiger partial charge < -0.3 is 4.90 Å². The number of ketones is 1. The minimum atomic E-state index is -0.704. The minimum absolute atomic E-state index is 0.137. The number of carbonyl (C=O) groups is 1. The van der Waals surface area contributed by atoms with E-state index in [0.717, 1.165) is 34.3 Å². The fourth-order valence-electron chi connectivity index (χ4n) is 7.67. The summed E-state index contributed by atoms with van der Waals surface area (Å²) in [5, 5.41) is 0. The van der Waals surface area contributed by atoms with Crippen LogP contribution in [0.2, 0.25) is 0 Å². The highest BCUT2D eigenvalue weighted by atomic mass is 16.1. The quantitative estimate of drug-likeness (QED) is 0.194. The van der Waals surface area contributed by atoms with Crippen LogP contribution < -0.4 is 4.90 Å². The standard InChI is InChI=1S/C41H35NO/c1-40(28-30-17-7-3-8-18-30)36-25-15-16-26-37(36)42(2)41(40)29-34(31-19-9-4-10-20-31)27-35(32-21-11-5-12-22-32)38(41)39(43)33-23-13-6-14-24-33/h3-27,29,38H,28H2,1-2H3/t38-,40+,41-/m0/s1. The van der Waals surface area contributed by atoms with Gasteiger partial charge in [-0.25, -0.2) is 0 Å². The minimum Gasteiger partial charge on any atom is -0.363 e. The summed E-state index contributed by atoms with van der Waals surface area (Å²) in [6.45, 7) is 2.38. The van der Waals surface area contributed by atoms with Crippen LogP contribution in [0.5, 0.6) is 0 Å². The summed E-state index contributed by atoms with van der Waals surface area (Å²) in [6, 6.07) is 50.4. The van der Waals surface area contributed by atoms with E-state index in [-0.39, 0.29) is 5.78 Å². The third-order valence-electron chi connectivity index (χ3n) is 9.67. The zero-order valence-electron chi connectivity index (χ0n) is 24.7. The first-order valence-electron chi connectivity index (χ1n) is 15.0. The predicted octanol–water partition coefficient (Wildman–Crippen LogP) is 9.06. The molecule has 1 aliphatic carbocycles. The maximum Gasteiger partial charge on any atom is 0.173 e. The largest absolute Gasteiger partial charge is 0.363 e. The molecule has 1 aliphatic heterocycles. The Bertz CT molecular complexity index is 1820. The van der Waals surface area contributed by atoms with E-state index in [2.05, 4.69) is 140 Å². The molecule has 1 spiro atoms. The van der Waals surface area contributed by atoms with Crippen molar-refractivity contribution in [1.82, 2.24) is 0 Å².